The second-order valence-electron chi connectivity index (χ2n) is 2.96. The zero-order valence-electron chi connectivity index (χ0n) is 8.26. The summed E-state index contributed by atoms with van der Waals surface area (Å²) < 4.78 is 26.1. The maximum atomic E-state index is 13.2. The Hall–Kier alpha value is -1.93. The van der Waals surface area contributed by atoms with Crippen LogP contribution in [0.1, 0.15) is 22.3 Å². The lowest BCUT2D eigenvalue weighted by atomic mass is 10.1. The summed E-state index contributed by atoms with van der Waals surface area (Å²) in [6, 6.07) is 1.38. The fourth-order valence-electron chi connectivity index (χ4n) is 1.04. The molecular weight excluding hydrogens is 216 g/mol. The Morgan fingerprint density at radius 1 is 1.38 bits per heavy atom. The maximum Gasteiger partial charge on any atom is 0.338 e. The van der Waals surface area contributed by atoms with Gasteiger partial charge in [0.1, 0.15) is 11.6 Å². The fraction of sp³-hybridized carbons (Fsp3) is 0.182. The third kappa shape index (κ3) is 2.78. The molecule has 0 bridgehead atoms. The van der Waals surface area contributed by atoms with Crippen molar-refractivity contribution in [1.29, 1.82) is 0 Å². The van der Waals surface area contributed by atoms with E-state index in [4.69, 9.17) is 10.8 Å². The van der Waals surface area contributed by atoms with Crippen molar-refractivity contribution in [2.45, 2.75) is 6.42 Å². The molecule has 1 rings (SSSR count). The Balaban J connectivity index is 3.16. The van der Waals surface area contributed by atoms with E-state index in [1.807, 2.05) is 0 Å². The van der Waals surface area contributed by atoms with Crippen molar-refractivity contribution in [3.63, 3.8) is 0 Å². The first kappa shape index (κ1) is 12.1. The maximum absolute atomic E-state index is 13.2. The molecule has 0 saturated carbocycles. The molecule has 3 nitrogen and oxygen atoms in total. The van der Waals surface area contributed by atoms with Crippen LogP contribution >= 0.6 is 0 Å². The van der Waals surface area contributed by atoms with E-state index in [1.165, 1.54) is 0 Å². The van der Waals surface area contributed by atoms with E-state index >= 15 is 0 Å². The number of rotatable bonds is 2. The molecule has 0 atom stereocenters. The van der Waals surface area contributed by atoms with Gasteiger partial charge in [-0.2, -0.15) is 0 Å². The Bertz CT molecular complexity index is 475. The number of nitrogens with two attached hydrogens (primary N) is 1. The normalized spacial score (nSPS) is 9.44. The largest absolute Gasteiger partial charge is 0.478 e. The van der Waals surface area contributed by atoms with Gasteiger partial charge in [-0.05, 0) is 6.07 Å². The summed E-state index contributed by atoms with van der Waals surface area (Å²) in [5.74, 6) is 1.49. The van der Waals surface area contributed by atoms with Crippen LogP contribution in [0.3, 0.4) is 0 Å². The van der Waals surface area contributed by atoms with Crippen molar-refractivity contribution in [1.82, 2.24) is 0 Å². The number of carbonyl (C=O) groups is 1. The molecule has 1 aromatic carbocycles. The monoisotopic (exact) mass is 225 g/mol. The molecule has 0 aliphatic heterocycles. The van der Waals surface area contributed by atoms with Crippen LogP contribution in [0.25, 0.3) is 0 Å². The molecule has 0 radical (unpaired) electrons. The van der Waals surface area contributed by atoms with E-state index in [9.17, 15) is 13.6 Å². The first-order chi connectivity index (χ1) is 7.56. The van der Waals surface area contributed by atoms with Gasteiger partial charge in [-0.15, -0.1) is 0 Å². The van der Waals surface area contributed by atoms with Gasteiger partial charge in [0.25, 0.3) is 0 Å². The highest BCUT2D eigenvalue weighted by molar-refractivity contribution is 5.88. The highest BCUT2D eigenvalue weighted by Crippen LogP contribution is 2.14. The number of carboxylic acid groups (broad SMARTS) is 1. The number of carboxylic acids is 1. The number of aromatic carboxylic acids is 1. The van der Waals surface area contributed by atoms with E-state index in [1.54, 1.807) is 0 Å². The summed E-state index contributed by atoms with van der Waals surface area (Å²) in [6.45, 7) is 0.321. The lowest BCUT2D eigenvalue weighted by Crippen LogP contribution is -2.02. The summed E-state index contributed by atoms with van der Waals surface area (Å²) in [5, 5.41) is 8.62. The van der Waals surface area contributed by atoms with Gasteiger partial charge in [-0.25, -0.2) is 13.6 Å². The van der Waals surface area contributed by atoms with E-state index in [2.05, 4.69) is 11.8 Å². The summed E-state index contributed by atoms with van der Waals surface area (Å²) in [6.07, 6.45) is 0.360. The number of hydrogen-bond donors (Lipinski definition) is 2. The predicted octanol–water partition coefficient (Wildman–Crippen LogP) is 1.36. The summed E-state index contributed by atoms with van der Waals surface area (Å²) in [7, 11) is 0. The Morgan fingerprint density at radius 3 is 2.62 bits per heavy atom. The van der Waals surface area contributed by atoms with Gasteiger partial charge in [0.05, 0.1) is 11.1 Å². The lowest BCUT2D eigenvalue weighted by molar-refractivity contribution is 0.0691. The van der Waals surface area contributed by atoms with Crippen LogP contribution in [0.15, 0.2) is 12.1 Å². The first-order valence-electron chi connectivity index (χ1n) is 4.47. The van der Waals surface area contributed by atoms with Crippen LogP contribution in [-0.2, 0) is 0 Å². The Labute approximate surface area is 90.9 Å². The molecule has 0 aliphatic carbocycles. The van der Waals surface area contributed by atoms with Crippen molar-refractivity contribution >= 4 is 5.97 Å². The van der Waals surface area contributed by atoms with Gasteiger partial charge in [0.2, 0.25) is 0 Å². The molecule has 84 valence electrons. The van der Waals surface area contributed by atoms with Crippen LogP contribution < -0.4 is 5.73 Å². The number of halogens is 2. The molecule has 1 aromatic rings. The molecule has 0 saturated heterocycles. The minimum absolute atomic E-state index is 0.146. The summed E-state index contributed by atoms with van der Waals surface area (Å²) >= 11 is 0. The van der Waals surface area contributed by atoms with Gasteiger partial charge in [-0.3, -0.25) is 0 Å². The molecule has 0 unspecified atom stereocenters. The highest BCUT2D eigenvalue weighted by Gasteiger charge is 2.13. The summed E-state index contributed by atoms with van der Waals surface area (Å²) in [4.78, 5) is 10.6. The average Bonchev–Trinajstić information content (AvgIpc) is 2.21. The smallest absolute Gasteiger partial charge is 0.338 e. The van der Waals surface area contributed by atoms with Crippen molar-refractivity contribution in [3.8, 4) is 11.8 Å². The summed E-state index contributed by atoms with van der Waals surface area (Å²) in [5.41, 5.74) is 4.44. The molecular formula is C11H9F2NO2. The van der Waals surface area contributed by atoms with E-state index in [0.29, 0.717) is 19.0 Å². The second kappa shape index (κ2) is 5.24. The van der Waals surface area contributed by atoms with Crippen LogP contribution in [0.4, 0.5) is 8.78 Å². The third-order valence-electron chi connectivity index (χ3n) is 1.78. The second-order valence-corrected chi connectivity index (χ2v) is 2.96. The molecule has 16 heavy (non-hydrogen) atoms. The SMILES string of the molecule is NCCC#Cc1cc(C(=O)O)c(F)cc1F. The molecule has 0 spiro atoms. The molecule has 0 aliphatic rings. The van der Waals surface area contributed by atoms with E-state index < -0.39 is 23.2 Å². The van der Waals surface area contributed by atoms with E-state index in [-0.39, 0.29) is 5.56 Å². The van der Waals surface area contributed by atoms with Gasteiger partial charge < -0.3 is 10.8 Å². The van der Waals surface area contributed by atoms with Crippen LogP contribution in [0.5, 0.6) is 0 Å². The highest BCUT2D eigenvalue weighted by atomic mass is 19.1. The standard InChI is InChI=1S/C11H9F2NO2/c12-9-6-10(13)8(11(15)16)5-7(9)3-1-2-4-14/h5-6H,2,4,14H2,(H,15,16). The predicted molar refractivity (Wildman–Crippen MR) is 53.9 cm³/mol. The molecule has 5 heteroatoms. The molecule has 0 heterocycles. The van der Waals surface area contributed by atoms with Gasteiger partial charge in [0.15, 0.2) is 0 Å². The van der Waals surface area contributed by atoms with Gasteiger partial charge in [0, 0.05) is 19.0 Å². The quantitative estimate of drug-likeness (QED) is 0.747. The topological polar surface area (TPSA) is 63.3 Å². The van der Waals surface area contributed by atoms with Gasteiger partial charge >= 0.3 is 5.97 Å². The van der Waals surface area contributed by atoms with Gasteiger partial charge in [-0.1, -0.05) is 11.8 Å². The van der Waals surface area contributed by atoms with Crippen molar-refractivity contribution in [3.05, 3.63) is 34.9 Å². The molecule has 0 fully saturated rings. The first-order valence-corrected chi connectivity index (χ1v) is 4.47. The minimum Gasteiger partial charge on any atom is -0.478 e. The number of hydrogen-bond acceptors (Lipinski definition) is 2. The Kier molecular flexibility index (Phi) is 3.97. The van der Waals surface area contributed by atoms with Crippen LogP contribution in [0.2, 0.25) is 0 Å². The number of benzene rings is 1. The average molecular weight is 225 g/mol. The molecule has 3 N–H and O–H groups in total. The molecule has 0 amide bonds. The van der Waals surface area contributed by atoms with Crippen molar-refractivity contribution < 1.29 is 18.7 Å². The molecule has 0 aromatic heterocycles. The zero-order valence-corrected chi connectivity index (χ0v) is 8.26. The zero-order chi connectivity index (χ0) is 12.1. The van der Waals surface area contributed by atoms with Crippen molar-refractivity contribution in [2.75, 3.05) is 6.54 Å². The lowest BCUT2D eigenvalue weighted by Gasteiger charge is -1.99. The van der Waals surface area contributed by atoms with Crippen LogP contribution in [0, 0.1) is 23.5 Å². The Morgan fingerprint density at radius 2 is 2.06 bits per heavy atom. The minimum atomic E-state index is -1.46. The fourth-order valence-corrected chi connectivity index (χ4v) is 1.04. The third-order valence-corrected chi connectivity index (χ3v) is 1.78. The van der Waals surface area contributed by atoms with Crippen molar-refractivity contribution in [2.24, 2.45) is 5.73 Å². The van der Waals surface area contributed by atoms with E-state index in [0.717, 1.165) is 6.07 Å². The van der Waals surface area contributed by atoms with Crippen LogP contribution in [-0.4, -0.2) is 17.6 Å².